The van der Waals surface area contributed by atoms with E-state index in [4.69, 9.17) is 9.98 Å². The molecule has 130 valence electrons. The van der Waals surface area contributed by atoms with Crippen LogP contribution in [0.15, 0.2) is 40.3 Å². The lowest BCUT2D eigenvalue weighted by atomic mass is 9.92. The van der Waals surface area contributed by atoms with E-state index in [1.807, 2.05) is 0 Å². The van der Waals surface area contributed by atoms with Crippen molar-refractivity contribution in [2.75, 3.05) is 20.6 Å². The van der Waals surface area contributed by atoms with Gasteiger partial charge in [0.05, 0.1) is 12.3 Å². The van der Waals surface area contributed by atoms with Crippen LogP contribution in [0.1, 0.15) is 38.9 Å². The van der Waals surface area contributed by atoms with E-state index in [9.17, 15) is 0 Å². The lowest BCUT2D eigenvalue weighted by molar-refractivity contribution is 0.402. The summed E-state index contributed by atoms with van der Waals surface area (Å²) in [6, 6.07) is 10.8. The molecule has 0 atom stereocenters. The molecule has 0 unspecified atom stereocenters. The Kier molecular flexibility index (Phi) is 4.87. The molecule has 3 heteroatoms. The molecule has 0 N–H and O–H groups in total. The number of nitrogens with zero attached hydrogens (tertiary/aromatic N) is 3. The molecular formula is C22H27N3. The van der Waals surface area contributed by atoms with E-state index >= 15 is 0 Å². The van der Waals surface area contributed by atoms with Crippen molar-refractivity contribution < 1.29 is 0 Å². The fourth-order valence-electron chi connectivity index (χ4n) is 3.34. The maximum atomic E-state index is 4.87. The average molecular weight is 333 g/mol. The van der Waals surface area contributed by atoms with Crippen molar-refractivity contribution in [3.8, 4) is 0 Å². The molecule has 0 aromatic heterocycles. The molecule has 0 aliphatic carbocycles. The van der Waals surface area contributed by atoms with E-state index in [2.05, 4.69) is 77.0 Å². The molecule has 0 saturated carbocycles. The summed E-state index contributed by atoms with van der Waals surface area (Å²) in [4.78, 5) is 11.8. The Labute approximate surface area is 151 Å². The zero-order valence-corrected chi connectivity index (χ0v) is 16.1. The lowest BCUT2D eigenvalue weighted by Gasteiger charge is -2.13. The number of rotatable bonds is 4. The lowest BCUT2D eigenvalue weighted by Crippen LogP contribution is -2.11. The number of hydrogen-bond acceptors (Lipinski definition) is 3. The van der Waals surface area contributed by atoms with Crippen LogP contribution in [0.25, 0.3) is 0 Å². The molecule has 1 heterocycles. The highest BCUT2D eigenvalue weighted by atomic mass is 15.0. The van der Waals surface area contributed by atoms with Crippen molar-refractivity contribution in [3.63, 3.8) is 0 Å². The molecule has 0 radical (unpaired) electrons. The number of hydrogen-bond donors (Lipinski definition) is 0. The first-order valence-corrected chi connectivity index (χ1v) is 8.80. The van der Waals surface area contributed by atoms with Gasteiger partial charge in [0.1, 0.15) is 0 Å². The van der Waals surface area contributed by atoms with Crippen molar-refractivity contribution >= 4 is 11.5 Å². The second-order valence-electron chi connectivity index (χ2n) is 7.25. The first kappa shape index (κ1) is 17.6. The fourth-order valence-corrected chi connectivity index (χ4v) is 3.34. The predicted molar refractivity (Wildman–Crippen MR) is 107 cm³/mol. The zero-order chi connectivity index (χ0) is 18.1. The van der Waals surface area contributed by atoms with Crippen molar-refractivity contribution in [3.05, 3.63) is 69.3 Å². The monoisotopic (exact) mass is 333 g/mol. The molecule has 1 aliphatic heterocycles. The summed E-state index contributed by atoms with van der Waals surface area (Å²) in [5.74, 6) is 0.853. The fraction of sp³-hybridized carbons (Fsp3) is 0.364. The van der Waals surface area contributed by atoms with Gasteiger partial charge in [0.2, 0.25) is 0 Å². The zero-order valence-electron chi connectivity index (χ0n) is 16.1. The van der Waals surface area contributed by atoms with Gasteiger partial charge in [-0.15, -0.1) is 0 Å². The van der Waals surface area contributed by atoms with Crippen LogP contribution in [-0.4, -0.2) is 37.1 Å². The second-order valence-corrected chi connectivity index (χ2v) is 7.25. The molecule has 3 rings (SSSR count). The van der Waals surface area contributed by atoms with Gasteiger partial charge in [0, 0.05) is 17.7 Å². The quantitative estimate of drug-likeness (QED) is 0.823. The third-order valence-electron chi connectivity index (χ3n) is 5.10. The Hall–Kier alpha value is -2.26. The van der Waals surface area contributed by atoms with Gasteiger partial charge in [-0.25, -0.2) is 4.99 Å². The topological polar surface area (TPSA) is 28.0 Å². The van der Waals surface area contributed by atoms with Gasteiger partial charge in [-0.05, 0) is 81.7 Å². The first-order chi connectivity index (χ1) is 11.9. The molecule has 2 aromatic carbocycles. The average Bonchev–Trinajstić information content (AvgIpc) is 3.06. The molecule has 1 aliphatic rings. The summed E-state index contributed by atoms with van der Waals surface area (Å²) in [6.07, 6.45) is 0. The maximum absolute atomic E-state index is 4.87. The third-order valence-corrected chi connectivity index (χ3v) is 5.10. The highest BCUT2D eigenvalue weighted by Crippen LogP contribution is 2.24. The molecule has 0 spiro atoms. The van der Waals surface area contributed by atoms with Crippen molar-refractivity contribution in [2.24, 2.45) is 9.98 Å². The van der Waals surface area contributed by atoms with Crippen LogP contribution < -0.4 is 0 Å². The van der Waals surface area contributed by atoms with E-state index in [1.54, 1.807) is 0 Å². The minimum absolute atomic E-state index is 0.663. The van der Waals surface area contributed by atoms with E-state index in [0.29, 0.717) is 6.54 Å². The standard InChI is InChI=1S/C22H27N3/c1-14-10-20(17(4)16(3)15(14)2)21-12-23-22(24-21)19-9-7-8-18(11-19)13-25(5)6/h7-11H,12-13H2,1-6H3. The van der Waals surface area contributed by atoms with Crippen LogP contribution in [0.5, 0.6) is 0 Å². The molecule has 0 bridgehead atoms. The number of aliphatic imine (C=N–C) groups is 2. The van der Waals surface area contributed by atoms with Crippen molar-refractivity contribution in [1.82, 2.24) is 4.90 Å². The third kappa shape index (κ3) is 3.57. The molecule has 2 aromatic rings. The molecular weight excluding hydrogens is 306 g/mol. The van der Waals surface area contributed by atoms with Gasteiger partial charge in [0.25, 0.3) is 0 Å². The van der Waals surface area contributed by atoms with Gasteiger partial charge in [0.15, 0.2) is 5.84 Å². The summed E-state index contributed by atoms with van der Waals surface area (Å²) in [6.45, 7) is 10.3. The van der Waals surface area contributed by atoms with E-state index < -0.39 is 0 Å². The highest BCUT2D eigenvalue weighted by Gasteiger charge is 2.18. The minimum atomic E-state index is 0.663. The maximum Gasteiger partial charge on any atom is 0.155 e. The molecule has 0 fully saturated rings. The Balaban J connectivity index is 1.93. The Morgan fingerprint density at radius 2 is 1.72 bits per heavy atom. The first-order valence-electron chi connectivity index (χ1n) is 8.80. The van der Waals surface area contributed by atoms with Gasteiger partial charge in [-0.2, -0.15) is 0 Å². The Morgan fingerprint density at radius 1 is 0.960 bits per heavy atom. The minimum Gasteiger partial charge on any atom is -0.305 e. The predicted octanol–water partition coefficient (Wildman–Crippen LogP) is 4.23. The number of amidine groups is 1. The smallest absolute Gasteiger partial charge is 0.155 e. The van der Waals surface area contributed by atoms with Gasteiger partial charge < -0.3 is 4.90 Å². The van der Waals surface area contributed by atoms with E-state index in [-0.39, 0.29) is 0 Å². The van der Waals surface area contributed by atoms with Gasteiger partial charge >= 0.3 is 0 Å². The number of aryl methyl sites for hydroxylation is 1. The van der Waals surface area contributed by atoms with Crippen molar-refractivity contribution in [2.45, 2.75) is 34.2 Å². The molecule has 3 nitrogen and oxygen atoms in total. The van der Waals surface area contributed by atoms with Gasteiger partial charge in [-0.3, -0.25) is 4.99 Å². The number of benzene rings is 2. The van der Waals surface area contributed by atoms with Crippen LogP contribution in [-0.2, 0) is 6.54 Å². The SMILES string of the molecule is Cc1cc(C2=NC(c3cccc(CN(C)C)c3)=NC2)c(C)c(C)c1C. The second kappa shape index (κ2) is 6.93. The normalized spacial score (nSPS) is 14.0. The van der Waals surface area contributed by atoms with Crippen LogP contribution in [0, 0.1) is 27.7 Å². The van der Waals surface area contributed by atoms with Crippen LogP contribution in [0.2, 0.25) is 0 Å². The van der Waals surface area contributed by atoms with E-state index in [0.717, 1.165) is 23.7 Å². The molecule has 0 saturated heterocycles. The summed E-state index contributed by atoms with van der Waals surface area (Å²) >= 11 is 0. The highest BCUT2D eigenvalue weighted by molar-refractivity contribution is 6.17. The van der Waals surface area contributed by atoms with Crippen LogP contribution >= 0.6 is 0 Å². The summed E-state index contributed by atoms with van der Waals surface area (Å²) in [7, 11) is 4.17. The van der Waals surface area contributed by atoms with Gasteiger partial charge in [-0.1, -0.05) is 18.2 Å². The summed E-state index contributed by atoms with van der Waals surface area (Å²) in [5, 5.41) is 0. The Bertz CT molecular complexity index is 873. The summed E-state index contributed by atoms with van der Waals surface area (Å²) < 4.78 is 0. The molecule has 0 amide bonds. The van der Waals surface area contributed by atoms with E-state index in [1.165, 1.54) is 33.4 Å². The van der Waals surface area contributed by atoms with Crippen LogP contribution in [0.4, 0.5) is 0 Å². The Morgan fingerprint density at radius 3 is 2.44 bits per heavy atom. The molecule has 25 heavy (non-hydrogen) atoms. The largest absolute Gasteiger partial charge is 0.305 e. The van der Waals surface area contributed by atoms with Crippen LogP contribution in [0.3, 0.4) is 0 Å². The van der Waals surface area contributed by atoms with Crippen molar-refractivity contribution in [1.29, 1.82) is 0 Å². The summed E-state index contributed by atoms with van der Waals surface area (Å²) in [5.41, 5.74) is 10.1.